The molecule has 1 unspecified atom stereocenters. The molecule has 0 aliphatic carbocycles. The van der Waals surface area contributed by atoms with Gasteiger partial charge < -0.3 is 14.6 Å². The fraction of sp³-hybridized carbons (Fsp3) is 0.562. The van der Waals surface area contributed by atoms with Gasteiger partial charge in [-0.05, 0) is 48.6 Å². The minimum absolute atomic E-state index is 0.00910. The standard InChI is InChI=1S/C16H20O4S/c17-15(18)12-1-3-13(4-2-12)20-14-5-8-19-16(11-14)6-9-21-10-7-16/h1-4,14H,5-11H2,(H,17,18). The third-order valence-corrected chi connectivity index (χ3v) is 5.24. The van der Waals surface area contributed by atoms with Gasteiger partial charge in [0.1, 0.15) is 11.9 Å². The summed E-state index contributed by atoms with van der Waals surface area (Å²) >= 11 is 2.00. The lowest BCUT2D eigenvalue weighted by molar-refractivity contribution is -0.116. The Labute approximate surface area is 128 Å². The van der Waals surface area contributed by atoms with Gasteiger partial charge >= 0.3 is 5.97 Å². The molecule has 2 heterocycles. The topological polar surface area (TPSA) is 55.8 Å². The first-order chi connectivity index (χ1) is 10.2. The van der Waals surface area contributed by atoms with Crippen molar-refractivity contribution < 1.29 is 19.4 Å². The Balaban J connectivity index is 1.62. The Morgan fingerprint density at radius 2 is 2.00 bits per heavy atom. The van der Waals surface area contributed by atoms with Crippen LogP contribution < -0.4 is 4.74 Å². The zero-order chi connectivity index (χ0) is 14.7. The van der Waals surface area contributed by atoms with E-state index in [0.717, 1.165) is 38.0 Å². The van der Waals surface area contributed by atoms with Crippen LogP contribution in [0, 0.1) is 0 Å². The minimum Gasteiger partial charge on any atom is -0.490 e. The number of rotatable bonds is 3. The summed E-state index contributed by atoms with van der Waals surface area (Å²) < 4.78 is 12.1. The zero-order valence-corrected chi connectivity index (χ0v) is 12.7. The molecule has 1 N–H and O–H groups in total. The van der Waals surface area contributed by atoms with Crippen LogP contribution in [0.3, 0.4) is 0 Å². The van der Waals surface area contributed by atoms with Crippen molar-refractivity contribution in [1.29, 1.82) is 0 Å². The number of carboxylic acid groups (broad SMARTS) is 1. The van der Waals surface area contributed by atoms with E-state index in [0.29, 0.717) is 0 Å². The highest BCUT2D eigenvalue weighted by Gasteiger charge is 2.39. The summed E-state index contributed by atoms with van der Waals surface area (Å²) in [6, 6.07) is 6.65. The molecule has 0 aromatic heterocycles. The van der Waals surface area contributed by atoms with Crippen LogP contribution in [0.1, 0.15) is 36.0 Å². The smallest absolute Gasteiger partial charge is 0.335 e. The van der Waals surface area contributed by atoms with Gasteiger partial charge in [0.05, 0.1) is 17.8 Å². The van der Waals surface area contributed by atoms with Gasteiger partial charge in [-0.15, -0.1) is 0 Å². The molecular formula is C16H20O4S. The molecule has 4 nitrogen and oxygen atoms in total. The van der Waals surface area contributed by atoms with Crippen LogP contribution in [0.2, 0.25) is 0 Å². The predicted molar refractivity (Wildman–Crippen MR) is 82.3 cm³/mol. The summed E-state index contributed by atoms with van der Waals surface area (Å²) in [6.07, 6.45) is 4.21. The molecule has 1 aromatic carbocycles. The fourth-order valence-corrected chi connectivity index (χ4v) is 4.28. The zero-order valence-electron chi connectivity index (χ0n) is 11.9. The maximum atomic E-state index is 10.8. The third kappa shape index (κ3) is 3.52. The van der Waals surface area contributed by atoms with Gasteiger partial charge in [0.25, 0.3) is 0 Å². The number of thioether (sulfide) groups is 1. The summed E-state index contributed by atoms with van der Waals surface area (Å²) in [5.41, 5.74) is 0.296. The van der Waals surface area contributed by atoms with E-state index in [1.54, 1.807) is 24.3 Å². The van der Waals surface area contributed by atoms with Gasteiger partial charge in [-0.1, -0.05) is 0 Å². The van der Waals surface area contributed by atoms with E-state index in [-0.39, 0.29) is 17.3 Å². The monoisotopic (exact) mass is 308 g/mol. The van der Waals surface area contributed by atoms with E-state index in [4.69, 9.17) is 14.6 Å². The highest BCUT2D eigenvalue weighted by molar-refractivity contribution is 7.99. The largest absolute Gasteiger partial charge is 0.490 e. The second-order valence-corrected chi connectivity index (χ2v) is 6.93. The first kappa shape index (κ1) is 14.7. The van der Waals surface area contributed by atoms with Crippen molar-refractivity contribution in [1.82, 2.24) is 0 Å². The molecule has 0 bridgehead atoms. The first-order valence-electron chi connectivity index (χ1n) is 7.39. The normalized spacial score (nSPS) is 24.7. The molecule has 2 saturated heterocycles. The van der Waals surface area contributed by atoms with Crippen LogP contribution in [0.25, 0.3) is 0 Å². The van der Waals surface area contributed by atoms with E-state index in [1.165, 1.54) is 11.5 Å². The summed E-state index contributed by atoms with van der Waals surface area (Å²) in [7, 11) is 0. The Kier molecular flexibility index (Phi) is 4.40. The van der Waals surface area contributed by atoms with E-state index in [9.17, 15) is 4.79 Å². The van der Waals surface area contributed by atoms with E-state index in [1.807, 2.05) is 11.8 Å². The predicted octanol–water partition coefficient (Wildman–Crippen LogP) is 3.21. The van der Waals surface area contributed by atoms with Crippen LogP contribution in [-0.4, -0.2) is 40.9 Å². The van der Waals surface area contributed by atoms with Crippen LogP contribution in [0.15, 0.2) is 24.3 Å². The Morgan fingerprint density at radius 3 is 2.67 bits per heavy atom. The highest BCUT2D eigenvalue weighted by Crippen LogP contribution is 2.38. The average Bonchev–Trinajstić information content (AvgIpc) is 2.49. The molecule has 2 fully saturated rings. The van der Waals surface area contributed by atoms with Gasteiger partial charge in [0, 0.05) is 12.8 Å². The van der Waals surface area contributed by atoms with Crippen LogP contribution in [-0.2, 0) is 4.74 Å². The number of benzene rings is 1. The number of hydrogen-bond acceptors (Lipinski definition) is 4. The molecule has 3 rings (SSSR count). The molecule has 5 heteroatoms. The number of ether oxygens (including phenoxy) is 2. The van der Waals surface area contributed by atoms with Crippen molar-refractivity contribution >= 4 is 17.7 Å². The molecule has 114 valence electrons. The number of aromatic carboxylic acids is 1. The van der Waals surface area contributed by atoms with Gasteiger partial charge in [0.2, 0.25) is 0 Å². The summed E-state index contributed by atoms with van der Waals surface area (Å²) in [4.78, 5) is 10.8. The van der Waals surface area contributed by atoms with Crippen LogP contribution in [0.5, 0.6) is 5.75 Å². The van der Waals surface area contributed by atoms with Crippen LogP contribution in [0.4, 0.5) is 0 Å². The lowest BCUT2D eigenvalue weighted by Gasteiger charge is -2.43. The summed E-state index contributed by atoms with van der Waals surface area (Å²) in [5, 5.41) is 8.90. The van der Waals surface area contributed by atoms with Crippen molar-refractivity contribution in [3.8, 4) is 5.75 Å². The van der Waals surface area contributed by atoms with Crippen molar-refractivity contribution in [3.05, 3.63) is 29.8 Å². The maximum Gasteiger partial charge on any atom is 0.335 e. The van der Waals surface area contributed by atoms with E-state index >= 15 is 0 Å². The number of carboxylic acids is 1. The molecule has 2 aliphatic rings. The third-order valence-electron chi connectivity index (χ3n) is 4.26. The van der Waals surface area contributed by atoms with Gasteiger partial charge in [-0.25, -0.2) is 4.79 Å². The van der Waals surface area contributed by atoms with Crippen molar-refractivity contribution in [2.75, 3.05) is 18.1 Å². The van der Waals surface area contributed by atoms with Crippen LogP contribution >= 0.6 is 11.8 Å². The van der Waals surface area contributed by atoms with Crippen molar-refractivity contribution in [2.24, 2.45) is 0 Å². The Hall–Kier alpha value is -1.20. The molecule has 0 amide bonds. The van der Waals surface area contributed by atoms with Crippen molar-refractivity contribution in [3.63, 3.8) is 0 Å². The van der Waals surface area contributed by atoms with Gasteiger partial charge in [0.15, 0.2) is 0 Å². The molecule has 21 heavy (non-hydrogen) atoms. The Morgan fingerprint density at radius 1 is 1.29 bits per heavy atom. The molecule has 0 radical (unpaired) electrons. The quantitative estimate of drug-likeness (QED) is 0.929. The summed E-state index contributed by atoms with van der Waals surface area (Å²) in [5.74, 6) is 2.17. The first-order valence-corrected chi connectivity index (χ1v) is 8.54. The highest BCUT2D eigenvalue weighted by atomic mass is 32.2. The second kappa shape index (κ2) is 6.28. The lowest BCUT2D eigenvalue weighted by Crippen LogP contribution is -2.46. The van der Waals surface area contributed by atoms with Gasteiger partial charge in [-0.2, -0.15) is 11.8 Å². The minimum atomic E-state index is -0.911. The van der Waals surface area contributed by atoms with Crippen molar-refractivity contribution in [2.45, 2.75) is 37.4 Å². The average molecular weight is 308 g/mol. The van der Waals surface area contributed by atoms with E-state index < -0.39 is 5.97 Å². The lowest BCUT2D eigenvalue weighted by atomic mass is 9.86. The summed E-state index contributed by atoms with van der Waals surface area (Å²) in [6.45, 7) is 0.753. The molecule has 1 aromatic rings. The molecule has 0 saturated carbocycles. The SMILES string of the molecule is O=C(O)c1ccc(OC2CCOC3(CCSCC3)C2)cc1. The molecule has 1 atom stereocenters. The van der Waals surface area contributed by atoms with Gasteiger partial charge in [-0.3, -0.25) is 0 Å². The Bertz CT molecular complexity index is 488. The number of carbonyl (C=O) groups is 1. The second-order valence-electron chi connectivity index (χ2n) is 5.71. The number of hydrogen-bond donors (Lipinski definition) is 1. The molecule has 1 spiro atoms. The fourth-order valence-electron chi connectivity index (χ4n) is 3.04. The molecular weight excluding hydrogens is 288 g/mol. The van der Waals surface area contributed by atoms with E-state index in [2.05, 4.69) is 0 Å². The molecule has 2 aliphatic heterocycles. The maximum absolute atomic E-state index is 10.8.